The van der Waals surface area contributed by atoms with E-state index in [1.807, 2.05) is 0 Å². The van der Waals surface area contributed by atoms with E-state index in [1.54, 1.807) is 18.2 Å². The average Bonchev–Trinajstić information content (AvgIpc) is 2.55. The fraction of sp³-hybridized carbons (Fsp3) is 0.500. The molecule has 1 aromatic carbocycles. The van der Waals surface area contributed by atoms with Gasteiger partial charge in [-0.15, -0.1) is 0 Å². The number of halogens is 2. The molecule has 0 aromatic heterocycles. The summed E-state index contributed by atoms with van der Waals surface area (Å²) in [4.78, 5) is 0. The number of benzene rings is 1. The smallest absolute Gasteiger partial charge is 0.141 e. The fourth-order valence-corrected chi connectivity index (χ4v) is 2.22. The van der Waals surface area contributed by atoms with Gasteiger partial charge in [-0.05, 0) is 17.7 Å². The summed E-state index contributed by atoms with van der Waals surface area (Å²) in [7, 11) is 0. The summed E-state index contributed by atoms with van der Waals surface area (Å²) in [5.74, 6) is 0. The van der Waals surface area contributed by atoms with Crippen LogP contribution in [0.4, 0.5) is 0 Å². The van der Waals surface area contributed by atoms with Gasteiger partial charge in [-0.2, -0.15) is 0 Å². The third-order valence-electron chi connectivity index (χ3n) is 2.87. The lowest BCUT2D eigenvalue weighted by atomic mass is 9.92. The number of hydrogen-bond donors (Lipinski definition) is 2. The van der Waals surface area contributed by atoms with Crippen LogP contribution < -0.4 is 0 Å². The first-order valence-electron chi connectivity index (χ1n) is 5.54. The van der Waals surface area contributed by atoms with E-state index in [0.29, 0.717) is 28.8 Å². The normalized spacial score (nSPS) is 29.0. The van der Waals surface area contributed by atoms with E-state index in [0.717, 1.165) is 0 Å². The predicted octanol–water partition coefficient (Wildman–Crippen LogP) is 1.80. The van der Waals surface area contributed by atoms with Gasteiger partial charge in [-0.25, -0.2) is 0 Å². The van der Waals surface area contributed by atoms with Gasteiger partial charge in [0.15, 0.2) is 0 Å². The summed E-state index contributed by atoms with van der Waals surface area (Å²) in [6, 6.07) is 4.97. The molecular formula is C12H14Cl2O4. The zero-order valence-electron chi connectivity index (χ0n) is 9.60. The molecule has 2 N–H and O–H groups in total. The summed E-state index contributed by atoms with van der Waals surface area (Å²) in [5.41, 5.74) is -0.820. The van der Waals surface area contributed by atoms with Crippen molar-refractivity contribution >= 4 is 23.2 Å². The Labute approximate surface area is 115 Å². The molecule has 0 bridgehead atoms. The first-order valence-corrected chi connectivity index (χ1v) is 6.30. The average molecular weight is 293 g/mol. The van der Waals surface area contributed by atoms with E-state index in [4.69, 9.17) is 32.7 Å². The van der Waals surface area contributed by atoms with Gasteiger partial charge in [0.05, 0.1) is 36.5 Å². The summed E-state index contributed by atoms with van der Waals surface area (Å²) in [6.07, 6.45) is -0.695. The lowest BCUT2D eigenvalue weighted by Crippen LogP contribution is -2.44. The maximum Gasteiger partial charge on any atom is 0.141 e. The van der Waals surface area contributed by atoms with Crippen LogP contribution in [0.25, 0.3) is 0 Å². The van der Waals surface area contributed by atoms with Crippen LogP contribution in [0.1, 0.15) is 11.7 Å². The van der Waals surface area contributed by atoms with E-state index in [2.05, 4.69) is 0 Å². The fourth-order valence-electron chi connectivity index (χ4n) is 1.92. The van der Waals surface area contributed by atoms with Crippen LogP contribution in [-0.4, -0.2) is 42.2 Å². The third-order valence-corrected chi connectivity index (χ3v) is 3.61. The molecule has 100 valence electrons. The Morgan fingerprint density at radius 2 is 2.06 bits per heavy atom. The highest BCUT2D eigenvalue weighted by atomic mass is 35.5. The Kier molecular flexibility index (Phi) is 4.48. The van der Waals surface area contributed by atoms with Gasteiger partial charge in [0.1, 0.15) is 11.7 Å². The summed E-state index contributed by atoms with van der Waals surface area (Å²) in [6.45, 7) is 0.264. The lowest BCUT2D eigenvalue weighted by Gasteiger charge is -2.32. The molecule has 4 nitrogen and oxygen atoms in total. The van der Waals surface area contributed by atoms with Gasteiger partial charge in [-0.3, -0.25) is 0 Å². The lowest BCUT2D eigenvalue weighted by molar-refractivity contribution is -0.134. The van der Waals surface area contributed by atoms with Crippen LogP contribution in [0.3, 0.4) is 0 Å². The van der Waals surface area contributed by atoms with Crippen LogP contribution in [-0.2, 0) is 9.47 Å². The van der Waals surface area contributed by atoms with Crippen LogP contribution >= 0.6 is 23.2 Å². The monoisotopic (exact) mass is 292 g/mol. The third kappa shape index (κ3) is 2.79. The van der Waals surface area contributed by atoms with Crippen LogP contribution in [0.2, 0.25) is 10.0 Å². The first kappa shape index (κ1) is 14.1. The Balaban J connectivity index is 2.35. The molecule has 2 rings (SSSR count). The van der Waals surface area contributed by atoms with E-state index in [1.165, 1.54) is 0 Å². The molecule has 1 aliphatic rings. The predicted molar refractivity (Wildman–Crippen MR) is 68.0 cm³/mol. The van der Waals surface area contributed by atoms with Crippen molar-refractivity contribution in [2.24, 2.45) is 0 Å². The molecule has 1 aromatic rings. The minimum atomic E-state index is -1.48. The number of ether oxygens (including phenoxy) is 2. The SMILES string of the molecule is OCC1(O)COCCOC1c1ccc(Cl)c(Cl)c1. The standard InChI is InChI=1S/C12H14Cl2O4/c13-9-2-1-8(5-10(9)14)11-12(16,6-15)7-17-3-4-18-11/h1-2,5,11,15-16H,3-4,6-7H2. The molecule has 18 heavy (non-hydrogen) atoms. The molecule has 0 spiro atoms. The zero-order chi connectivity index (χ0) is 13.2. The summed E-state index contributed by atoms with van der Waals surface area (Å²) in [5, 5.41) is 20.5. The molecule has 6 heteroatoms. The second kappa shape index (κ2) is 5.74. The Bertz CT molecular complexity index is 427. The Morgan fingerprint density at radius 1 is 1.28 bits per heavy atom. The molecule has 1 fully saturated rings. The minimum Gasteiger partial charge on any atom is -0.393 e. The minimum absolute atomic E-state index is 0.00835. The highest BCUT2D eigenvalue weighted by Crippen LogP contribution is 2.34. The summed E-state index contributed by atoms with van der Waals surface area (Å²) < 4.78 is 10.8. The molecule has 0 saturated carbocycles. The quantitative estimate of drug-likeness (QED) is 0.873. The second-order valence-corrected chi connectivity index (χ2v) is 5.05. The Morgan fingerprint density at radius 3 is 2.72 bits per heavy atom. The summed E-state index contributed by atoms with van der Waals surface area (Å²) >= 11 is 11.8. The highest BCUT2D eigenvalue weighted by molar-refractivity contribution is 6.42. The van der Waals surface area contributed by atoms with Crippen molar-refractivity contribution in [3.63, 3.8) is 0 Å². The largest absolute Gasteiger partial charge is 0.393 e. The molecule has 1 saturated heterocycles. The topological polar surface area (TPSA) is 58.9 Å². The molecule has 0 aliphatic carbocycles. The van der Waals surface area contributed by atoms with Crippen molar-refractivity contribution in [2.75, 3.05) is 26.4 Å². The van der Waals surface area contributed by atoms with E-state index >= 15 is 0 Å². The molecule has 0 radical (unpaired) electrons. The van der Waals surface area contributed by atoms with Gasteiger partial charge >= 0.3 is 0 Å². The highest BCUT2D eigenvalue weighted by Gasteiger charge is 2.40. The molecule has 0 amide bonds. The zero-order valence-corrected chi connectivity index (χ0v) is 11.1. The van der Waals surface area contributed by atoms with Crippen molar-refractivity contribution < 1.29 is 19.7 Å². The van der Waals surface area contributed by atoms with Crippen LogP contribution in [0.15, 0.2) is 18.2 Å². The van der Waals surface area contributed by atoms with Gasteiger partial charge in [0.25, 0.3) is 0 Å². The van der Waals surface area contributed by atoms with E-state index in [-0.39, 0.29) is 6.61 Å². The molecule has 1 heterocycles. The Hall–Kier alpha value is -0.360. The number of aliphatic hydroxyl groups is 2. The first-order chi connectivity index (χ1) is 8.57. The second-order valence-electron chi connectivity index (χ2n) is 4.24. The maximum absolute atomic E-state index is 10.4. The van der Waals surface area contributed by atoms with E-state index < -0.39 is 18.3 Å². The van der Waals surface area contributed by atoms with Crippen molar-refractivity contribution in [3.05, 3.63) is 33.8 Å². The van der Waals surface area contributed by atoms with Crippen molar-refractivity contribution in [1.29, 1.82) is 0 Å². The van der Waals surface area contributed by atoms with Crippen molar-refractivity contribution in [2.45, 2.75) is 11.7 Å². The van der Waals surface area contributed by atoms with Crippen molar-refractivity contribution in [3.8, 4) is 0 Å². The molecule has 2 unspecified atom stereocenters. The van der Waals surface area contributed by atoms with Crippen LogP contribution in [0.5, 0.6) is 0 Å². The van der Waals surface area contributed by atoms with Crippen LogP contribution in [0, 0.1) is 0 Å². The van der Waals surface area contributed by atoms with Gasteiger partial charge in [0.2, 0.25) is 0 Å². The van der Waals surface area contributed by atoms with Gasteiger partial charge in [0, 0.05) is 0 Å². The molecular weight excluding hydrogens is 279 g/mol. The number of rotatable bonds is 2. The van der Waals surface area contributed by atoms with Gasteiger partial charge in [-0.1, -0.05) is 29.3 Å². The molecule has 1 aliphatic heterocycles. The maximum atomic E-state index is 10.4. The van der Waals surface area contributed by atoms with Crippen molar-refractivity contribution in [1.82, 2.24) is 0 Å². The van der Waals surface area contributed by atoms with E-state index in [9.17, 15) is 10.2 Å². The molecule has 2 atom stereocenters. The number of hydrogen-bond acceptors (Lipinski definition) is 4. The van der Waals surface area contributed by atoms with Gasteiger partial charge < -0.3 is 19.7 Å². The number of aliphatic hydroxyl groups excluding tert-OH is 1.